The maximum Gasteiger partial charge on any atom is 0.263 e. The van der Waals surface area contributed by atoms with Gasteiger partial charge in [0.05, 0.1) is 5.69 Å². The summed E-state index contributed by atoms with van der Waals surface area (Å²) in [6.07, 6.45) is 1.69. The molecule has 2 fully saturated rings. The van der Waals surface area contributed by atoms with E-state index in [0.717, 1.165) is 11.5 Å². The molecular weight excluding hydrogens is 347 g/mol. The molecule has 1 saturated carbocycles. The van der Waals surface area contributed by atoms with Crippen molar-refractivity contribution >= 4 is 11.7 Å². The smallest absolute Gasteiger partial charge is 0.263 e. The van der Waals surface area contributed by atoms with Gasteiger partial charge in [-0.15, -0.1) is 5.10 Å². The fourth-order valence-electron chi connectivity index (χ4n) is 3.30. The van der Waals surface area contributed by atoms with Crippen LogP contribution in [0, 0.1) is 5.82 Å². The molecule has 1 aliphatic heterocycles. The minimum atomic E-state index is -0.730. The topological polar surface area (TPSA) is 58.6 Å². The van der Waals surface area contributed by atoms with Gasteiger partial charge in [-0.25, -0.2) is 4.39 Å². The predicted molar refractivity (Wildman–Crippen MR) is 99.3 cm³/mol. The van der Waals surface area contributed by atoms with Gasteiger partial charge in [-0.1, -0.05) is 12.1 Å². The molecule has 6 nitrogen and oxygen atoms in total. The predicted octanol–water partition coefficient (Wildman–Crippen LogP) is 2.61. The summed E-state index contributed by atoms with van der Waals surface area (Å²) in [6, 6.07) is 10.2. The number of anilines is 1. The molecule has 2 heterocycles. The monoisotopic (exact) mass is 370 g/mol. The van der Waals surface area contributed by atoms with Gasteiger partial charge >= 0.3 is 0 Å². The van der Waals surface area contributed by atoms with E-state index in [4.69, 9.17) is 4.74 Å². The summed E-state index contributed by atoms with van der Waals surface area (Å²) in [4.78, 5) is 16.5. The second kappa shape index (κ2) is 7.50. The summed E-state index contributed by atoms with van der Waals surface area (Å²) in [5, 5.41) is 8.67. The molecule has 0 radical (unpaired) electrons. The molecule has 1 aliphatic carbocycles. The summed E-state index contributed by atoms with van der Waals surface area (Å²) in [7, 11) is 0. The number of ether oxygens (including phenoxy) is 1. The number of benzene rings is 1. The molecule has 7 heteroatoms. The summed E-state index contributed by atoms with van der Waals surface area (Å²) in [6.45, 7) is 4.19. The quantitative estimate of drug-likeness (QED) is 0.810. The Balaban J connectivity index is 1.31. The van der Waals surface area contributed by atoms with Gasteiger partial charge in [-0.3, -0.25) is 4.79 Å². The van der Waals surface area contributed by atoms with Gasteiger partial charge in [-0.2, -0.15) is 5.10 Å². The number of hydrogen-bond acceptors (Lipinski definition) is 5. The molecular formula is C20H23FN4O2. The van der Waals surface area contributed by atoms with Gasteiger partial charge in [0.25, 0.3) is 5.91 Å². The zero-order chi connectivity index (χ0) is 18.8. The minimum Gasteiger partial charge on any atom is -0.478 e. The van der Waals surface area contributed by atoms with E-state index in [2.05, 4.69) is 21.2 Å². The van der Waals surface area contributed by atoms with Gasteiger partial charge in [0.15, 0.2) is 23.5 Å². The molecule has 1 saturated heterocycles. The molecule has 0 N–H and O–H groups in total. The highest BCUT2D eigenvalue weighted by Crippen LogP contribution is 2.38. The normalized spacial score (nSPS) is 18.3. The number of para-hydroxylation sites is 1. The van der Waals surface area contributed by atoms with Gasteiger partial charge in [0.1, 0.15) is 0 Å². The van der Waals surface area contributed by atoms with E-state index in [-0.39, 0.29) is 11.7 Å². The van der Waals surface area contributed by atoms with Crippen molar-refractivity contribution in [2.24, 2.45) is 0 Å². The number of piperazine rings is 1. The first-order chi connectivity index (χ1) is 13.1. The molecule has 1 atom stereocenters. The van der Waals surface area contributed by atoms with E-state index in [0.29, 0.717) is 32.1 Å². The van der Waals surface area contributed by atoms with Crippen LogP contribution in [0.2, 0.25) is 0 Å². The van der Waals surface area contributed by atoms with Crippen LogP contribution < -0.4 is 9.64 Å². The third-order valence-electron chi connectivity index (χ3n) is 5.07. The Hall–Kier alpha value is -2.70. The van der Waals surface area contributed by atoms with E-state index in [1.165, 1.54) is 25.0 Å². The average molecular weight is 370 g/mol. The van der Waals surface area contributed by atoms with Crippen LogP contribution in [-0.4, -0.2) is 53.3 Å². The van der Waals surface area contributed by atoms with Crippen LogP contribution in [0.15, 0.2) is 36.4 Å². The summed E-state index contributed by atoms with van der Waals surface area (Å²) < 4.78 is 19.2. The van der Waals surface area contributed by atoms with Gasteiger partial charge in [-0.05, 0) is 44.0 Å². The summed E-state index contributed by atoms with van der Waals surface area (Å²) in [5.41, 5.74) is 1.08. The molecule has 0 spiro atoms. The highest BCUT2D eigenvalue weighted by molar-refractivity contribution is 5.81. The Morgan fingerprint density at radius 1 is 1.11 bits per heavy atom. The third kappa shape index (κ3) is 4.02. The van der Waals surface area contributed by atoms with Crippen LogP contribution in [0.5, 0.6) is 5.75 Å². The van der Waals surface area contributed by atoms with Gasteiger partial charge < -0.3 is 14.5 Å². The van der Waals surface area contributed by atoms with Crippen molar-refractivity contribution < 1.29 is 13.9 Å². The van der Waals surface area contributed by atoms with E-state index >= 15 is 0 Å². The lowest BCUT2D eigenvalue weighted by Crippen LogP contribution is -2.52. The van der Waals surface area contributed by atoms with Crippen molar-refractivity contribution in [1.82, 2.24) is 15.1 Å². The first kappa shape index (κ1) is 17.7. The highest BCUT2D eigenvalue weighted by atomic mass is 19.1. The fourth-order valence-corrected chi connectivity index (χ4v) is 3.30. The Bertz CT molecular complexity index is 802. The number of amides is 1. The number of aromatic nitrogens is 2. The zero-order valence-corrected chi connectivity index (χ0v) is 15.3. The molecule has 1 amide bonds. The maximum atomic E-state index is 13.7. The van der Waals surface area contributed by atoms with Crippen molar-refractivity contribution in [2.45, 2.75) is 31.8 Å². The Labute approximate surface area is 157 Å². The Morgan fingerprint density at radius 3 is 2.48 bits per heavy atom. The highest BCUT2D eigenvalue weighted by Gasteiger charge is 2.28. The first-order valence-electron chi connectivity index (χ1n) is 9.40. The zero-order valence-electron chi connectivity index (χ0n) is 15.3. The van der Waals surface area contributed by atoms with Crippen molar-refractivity contribution in [3.05, 3.63) is 47.9 Å². The lowest BCUT2D eigenvalue weighted by Gasteiger charge is -2.36. The molecule has 1 aromatic carbocycles. The first-order valence-corrected chi connectivity index (χ1v) is 9.40. The molecule has 1 aromatic heterocycles. The molecule has 0 bridgehead atoms. The van der Waals surface area contributed by atoms with Crippen molar-refractivity contribution in [3.63, 3.8) is 0 Å². The molecule has 2 aromatic rings. The summed E-state index contributed by atoms with van der Waals surface area (Å²) >= 11 is 0. The Kier molecular flexibility index (Phi) is 4.92. The van der Waals surface area contributed by atoms with Crippen LogP contribution in [0.3, 0.4) is 0 Å². The number of carbonyl (C=O) groups excluding carboxylic acids is 1. The molecule has 2 aliphatic rings. The van der Waals surface area contributed by atoms with Gasteiger partial charge in [0, 0.05) is 32.1 Å². The third-order valence-corrected chi connectivity index (χ3v) is 5.07. The summed E-state index contributed by atoms with van der Waals surface area (Å²) in [5.74, 6) is 0.949. The molecule has 4 rings (SSSR count). The van der Waals surface area contributed by atoms with E-state index in [1.54, 1.807) is 24.0 Å². The van der Waals surface area contributed by atoms with Crippen molar-refractivity contribution in [2.75, 3.05) is 31.1 Å². The number of carbonyl (C=O) groups is 1. The SMILES string of the molecule is CC(Oc1ccccc1F)C(=O)N1CCN(c2ccc(C3CC3)nn2)CC1. The van der Waals surface area contributed by atoms with Crippen molar-refractivity contribution in [1.29, 1.82) is 0 Å². The van der Waals surface area contributed by atoms with Gasteiger partial charge in [0.2, 0.25) is 0 Å². The van der Waals surface area contributed by atoms with Crippen molar-refractivity contribution in [3.8, 4) is 5.75 Å². The van der Waals surface area contributed by atoms with Crippen LogP contribution >= 0.6 is 0 Å². The van der Waals surface area contributed by atoms with Crippen LogP contribution in [0.4, 0.5) is 10.2 Å². The lowest BCUT2D eigenvalue weighted by molar-refractivity contribution is -0.138. The Morgan fingerprint density at radius 2 is 1.85 bits per heavy atom. The standard InChI is InChI=1S/C20H23FN4O2/c1-14(27-18-5-3-2-4-16(18)21)20(26)25-12-10-24(11-13-25)19-9-8-17(22-23-19)15-6-7-15/h2-5,8-9,14-15H,6-7,10-13H2,1H3. The minimum absolute atomic E-state index is 0.100. The van der Waals surface area contributed by atoms with E-state index in [1.807, 2.05) is 6.07 Å². The fraction of sp³-hybridized carbons (Fsp3) is 0.450. The average Bonchev–Trinajstić information content (AvgIpc) is 3.55. The molecule has 1 unspecified atom stereocenters. The van der Waals surface area contributed by atoms with Crippen LogP contribution in [-0.2, 0) is 4.79 Å². The van der Waals surface area contributed by atoms with Crippen LogP contribution in [0.25, 0.3) is 0 Å². The van der Waals surface area contributed by atoms with Crippen LogP contribution in [0.1, 0.15) is 31.4 Å². The van der Waals surface area contributed by atoms with E-state index in [9.17, 15) is 9.18 Å². The number of hydrogen-bond donors (Lipinski definition) is 0. The molecule has 27 heavy (non-hydrogen) atoms. The molecule has 142 valence electrons. The largest absolute Gasteiger partial charge is 0.478 e. The number of rotatable bonds is 5. The number of halogens is 1. The second-order valence-electron chi connectivity index (χ2n) is 7.09. The lowest BCUT2D eigenvalue weighted by atomic mass is 10.2. The maximum absolute atomic E-state index is 13.7. The number of nitrogens with zero attached hydrogens (tertiary/aromatic N) is 4. The van der Waals surface area contributed by atoms with E-state index < -0.39 is 11.9 Å². The second-order valence-corrected chi connectivity index (χ2v) is 7.09.